The molecule has 2 heterocycles. The number of rotatable bonds is 7. The molecule has 0 aliphatic carbocycles. The lowest BCUT2D eigenvalue weighted by Gasteiger charge is -2.29. The van der Waals surface area contributed by atoms with E-state index >= 15 is 0 Å². The van der Waals surface area contributed by atoms with E-state index in [1.54, 1.807) is 17.0 Å². The van der Waals surface area contributed by atoms with Crippen LogP contribution < -0.4 is 20.0 Å². The number of piperazine rings is 1. The van der Waals surface area contributed by atoms with Crippen LogP contribution in [0.5, 0.6) is 5.75 Å². The van der Waals surface area contributed by atoms with Gasteiger partial charge in [0.1, 0.15) is 58.0 Å². The number of ether oxygens (including phenoxy) is 1. The lowest BCUT2D eigenvalue weighted by atomic mass is 10.2. The monoisotopic (exact) mass is 410 g/mol. The molecule has 0 saturated carbocycles. The van der Waals surface area contributed by atoms with Gasteiger partial charge in [-0.25, -0.2) is 4.39 Å². The number of hydrogen-bond donors (Lipinski definition) is 2. The summed E-state index contributed by atoms with van der Waals surface area (Å²) in [6, 6.07) is 18.2. The highest BCUT2D eigenvalue weighted by Crippen LogP contribution is 2.10. The largest absolute Gasteiger partial charge is 0.482 e. The van der Waals surface area contributed by atoms with Crippen LogP contribution in [0.1, 0.15) is 16.9 Å². The van der Waals surface area contributed by atoms with Crippen molar-refractivity contribution in [3.05, 3.63) is 99.9 Å². The summed E-state index contributed by atoms with van der Waals surface area (Å²) in [4.78, 5) is 15.4. The van der Waals surface area contributed by atoms with Gasteiger partial charge in [0.25, 0.3) is 0 Å². The molecule has 1 aliphatic rings. The van der Waals surface area contributed by atoms with Crippen molar-refractivity contribution in [2.75, 3.05) is 26.2 Å². The van der Waals surface area contributed by atoms with Crippen molar-refractivity contribution in [3.63, 3.8) is 0 Å². The number of halogens is 1. The molecule has 0 bridgehead atoms. The summed E-state index contributed by atoms with van der Waals surface area (Å²) in [5.74, 6) is 0.488. The molecule has 2 N–H and O–H groups in total. The van der Waals surface area contributed by atoms with Crippen molar-refractivity contribution < 1.29 is 23.3 Å². The molecule has 156 valence electrons. The van der Waals surface area contributed by atoms with E-state index in [2.05, 4.69) is 24.3 Å². The predicted molar refractivity (Wildman–Crippen MR) is 111 cm³/mol. The van der Waals surface area contributed by atoms with E-state index in [0.29, 0.717) is 17.9 Å². The normalized spacial score (nSPS) is 18.8. The van der Waals surface area contributed by atoms with Gasteiger partial charge in [-0.3, -0.25) is 4.79 Å². The fourth-order valence-electron chi connectivity index (χ4n) is 3.87. The summed E-state index contributed by atoms with van der Waals surface area (Å²) in [7, 11) is 0. The van der Waals surface area contributed by atoms with Crippen LogP contribution in [-0.2, 0) is 19.7 Å². The Kier molecular flexibility index (Phi) is 6.57. The Labute approximate surface area is 175 Å². The Balaban J connectivity index is 1.27. The maximum atomic E-state index is 13.2. The van der Waals surface area contributed by atoms with Crippen LogP contribution in [0, 0.1) is 5.82 Å². The summed E-state index contributed by atoms with van der Waals surface area (Å²) < 4.78 is 24.4. The first-order valence-electron chi connectivity index (χ1n) is 10.4. The van der Waals surface area contributed by atoms with Crippen LogP contribution in [0.25, 0.3) is 0 Å². The molecule has 0 spiro atoms. The second kappa shape index (κ2) is 9.69. The molecule has 1 aliphatic heterocycles. The van der Waals surface area contributed by atoms with E-state index in [0.717, 1.165) is 32.7 Å². The molecule has 1 saturated heterocycles. The van der Waals surface area contributed by atoms with E-state index in [9.17, 15) is 9.18 Å². The molecule has 0 radical (unpaired) electrons. The van der Waals surface area contributed by atoms with Crippen molar-refractivity contribution >= 4 is 0 Å². The third-order valence-electron chi connectivity index (χ3n) is 5.52. The zero-order chi connectivity index (χ0) is 20.8. The van der Waals surface area contributed by atoms with Gasteiger partial charge in [0.2, 0.25) is 11.2 Å². The van der Waals surface area contributed by atoms with Gasteiger partial charge in [0.05, 0.1) is 0 Å². The Bertz CT molecular complexity index is 1010. The Morgan fingerprint density at radius 1 is 0.867 bits per heavy atom. The average Bonchev–Trinajstić information content (AvgIpc) is 2.75. The highest BCUT2D eigenvalue weighted by atomic mass is 19.1. The number of nitrogens with one attached hydrogen (secondary N) is 2. The van der Waals surface area contributed by atoms with Gasteiger partial charge in [-0.15, -0.1) is 0 Å². The van der Waals surface area contributed by atoms with Crippen molar-refractivity contribution in [2.24, 2.45) is 0 Å². The maximum absolute atomic E-state index is 13.2. The fourth-order valence-corrected chi connectivity index (χ4v) is 3.87. The standard InChI is InChI=1S/C24H25FN2O3/c25-21-8-4-7-20(13-21)17-30-24-18-29-22(14-23(24)28)16-27-11-9-26(10-12-27)15-19-5-2-1-3-6-19/h1-8,13-14,18H,9-12,15-17H2/p+2. The van der Waals surface area contributed by atoms with Gasteiger partial charge >= 0.3 is 0 Å². The zero-order valence-electron chi connectivity index (χ0n) is 16.9. The molecule has 3 aromatic rings. The molecule has 5 nitrogen and oxygen atoms in total. The Morgan fingerprint density at radius 3 is 2.27 bits per heavy atom. The first-order valence-corrected chi connectivity index (χ1v) is 10.4. The van der Waals surface area contributed by atoms with Crippen LogP contribution in [0.2, 0.25) is 0 Å². The Morgan fingerprint density at radius 2 is 1.57 bits per heavy atom. The van der Waals surface area contributed by atoms with Gasteiger partial charge in [-0.1, -0.05) is 42.5 Å². The summed E-state index contributed by atoms with van der Waals surface area (Å²) in [5, 5.41) is 0. The second-order valence-electron chi connectivity index (χ2n) is 7.83. The number of hydrogen-bond acceptors (Lipinski definition) is 3. The fraction of sp³-hybridized carbons (Fsp3) is 0.292. The van der Waals surface area contributed by atoms with Crippen LogP contribution in [0.3, 0.4) is 0 Å². The summed E-state index contributed by atoms with van der Waals surface area (Å²) in [5.41, 5.74) is 1.83. The summed E-state index contributed by atoms with van der Waals surface area (Å²) in [6.45, 7) is 6.16. The van der Waals surface area contributed by atoms with Crippen molar-refractivity contribution in [1.82, 2.24) is 0 Å². The number of quaternary nitrogens is 2. The first-order chi connectivity index (χ1) is 14.7. The third kappa shape index (κ3) is 5.55. The topological polar surface area (TPSA) is 48.3 Å². The molecule has 2 aromatic carbocycles. The second-order valence-corrected chi connectivity index (χ2v) is 7.83. The lowest BCUT2D eigenvalue weighted by Crippen LogP contribution is -3.27. The minimum Gasteiger partial charge on any atom is -0.482 e. The van der Waals surface area contributed by atoms with E-state index < -0.39 is 0 Å². The highest BCUT2D eigenvalue weighted by molar-refractivity contribution is 5.20. The van der Waals surface area contributed by atoms with Crippen LogP contribution in [0.15, 0.2) is 76.1 Å². The van der Waals surface area contributed by atoms with Crippen molar-refractivity contribution in [3.8, 4) is 5.75 Å². The molecule has 4 rings (SSSR count). The van der Waals surface area contributed by atoms with Gasteiger partial charge in [0.15, 0.2) is 5.76 Å². The molecule has 1 aromatic heterocycles. The summed E-state index contributed by atoms with van der Waals surface area (Å²) >= 11 is 0. The van der Waals surface area contributed by atoms with Gasteiger partial charge in [-0.05, 0) is 17.7 Å². The van der Waals surface area contributed by atoms with Crippen LogP contribution in [0.4, 0.5) is 4.39 Å². The van der Waals surface area contributed by atoms with Gasteiger partial charge in [-0.2, -0.15) is 0 Å². The predicted octanol–water partition coefficient (Wildman–Crippen LogP) is 0.842. The lowest BCUT2D eigenvalue weighted by molar-refractivity contribution is -1.02. The highest BCUT2D eigenvalue weighted by Gasteiger charge is 2.24. The quantitative estimate of drug-likeness (QED) is 0.607. The molecular weight excluding hydrogens is 383 g/mol. The molecule has 6 heteroatoms. The van der Waals surface area contributed by atoms with Gasteiger partial charge < -0.3 is 19.0 Å². The van der Waals surface area contributed by atoms with E-state index in [1.807, 2.05) is 6.07 Å². The van der Waals surface area contributed by atoms with E-state index in [4.69, 9.17) is 9.15 Å². The maximum Gasteiger partial charge on any atom is 0.227 e. The smallest absolute Gasteiger partial charge is 0.227 e. The Hall–Kier alpha value is -2.96. The van der Waals surface area contributed by atoms with Crippen LogP contribution >= 0.6 is 0 Å². The average molecular weight is 410 g/mol. The summed E-state index contributed by atoms with van der Waals surface area (Å²) in [6.07, 6.45) is 1.37. The molecule has 30 heavy (non-hydrogen) atoms. The van der Waals surface area contributed by atoms with Crippen molar-refractivity contribution in [1.29, 1.82) is 0 Å². The molecule has 0 atom stereocenters. The minimum atomic E-state index is -0.327. The van der Waals surface area contributed by atoms with Crippen LogP contribution in [-0.4, -0.2) is 26.2 Å². The first kappa shape index (κ1) is 20.3. The SMILES string of the molecule is O=c1cc(C[NH+]2CC[NH+](Cc3ccccc3)CC2)occ1OCc1cccc(F)c1. The molecule has 0 amide bonds. The van der Waals surface area contributed by atoms with Crippen molar-refractivity contribution in [2.45, 2.75) is 19.7 Å². The minimum absolute atomic E-state index is 0.124. The van der Waals surface area contributed by atoms with E-state index in [1.165, 1.54) is 34.9 Å². The zero-order valence-corrected chi connectivity index (χ0v) is 16.9. The third-order valence-corrected chi connectivity index (χ3v) is 5.52. The van der Waals surface area contributed by atoms with Gasteiger partial charge in [0, 0.05) is 11.6 Å². The molecular formula is C24H27FN2O3+2. The number of benzene rings is 2. The molecule has 0 unspecified atom stereocenters. The molecule has 1 fully saturated rings. The van der Waals surface area contributed by atoms with E-state index in [-0.39, 0.29) is 23.6 Å².